The zero-order chi connectivity index (χ0) is 12.0. The van der Waals surface area contributed by atoms with Gasteiger partial charge < -0.3 is 10.4 Å². The van der Waals surface area contributed by atoms with Crippen LogP contribution in [0.1, 0.15) is 26.2 Å². The summed E-state index contributed by atoms with van der Waals surface area (Å²) >= 11 is 0. The van der Waals surface area contributed by atoms with Crippen molar-refractivity contribution < 1.29 is 9.90 Å². The van der Waals surface area contributed by atoms with Gasteiger partial charge in [-0.25, -0.2) is 6.57 Å². The van der Waals surface area contributed by atoms with Crippen molar-refractivity contribution in [2.75, 3.05) is 19.7 Å². The van der Waals surface area contributed by atoms with Crippen LogP contribution in [0, 0.1) is 6.57 Å². The van der Waals surface area contributed by atoms with E-state index in [1.54, 1.807) is 4.90 Å². The Kier molecular flexibility index (Phi) is 5.23. The summed E-state index contributed by atoms with van der Waals surface area (Å²) in [5, 5.41) is 12.0. The van der Waals surface area contributed by atoms with Crippen molar-refractivity contribution in [3.8, 4) is 0 Å². The molecule has 0 radical (unpaired) electrons. The Labute approximate surface area is 96.3 Å². The number of aliphatic hydroxyl groups excluding tert-OH is 1. The fraction of sp³-hybridized carbons (Fsp3) is 0.818. The second-order valence-electron chi connectivity index (χ2n) is 4.01. The third-order valence-corrected chi connectivity index (χ3v) is 2.95. The van der Waals surface area contributed by atoms with Crippen molar-refractivity contribution in [2.24, 2.45) is 0 Å². The van der Waals surface area contributed by atoms with Crippen molar-refractivity contribution in [1.29, 1.82) is 0 Å². The highest BCUT2D eigenvalue weighted by atomic mass is 16.3. The van der Waals surface area contributed by atoms with Crippen molar-refractivity contribution in [1.82, 2.24) is 10.2 Å². The van der Waals surface area contributed by atoms with Gasteiger partial charge in [-0.05, 0) is 12.8 Å². The monoisotopic (exact) mass is 225 g/mol. The number of carbonyl (C=O) groups excluding carboxylic acids is 1. The Morgan fingerprint density at radius 1 is 1.75 bits per heavy atom. The number of carbonyl (C=O) groups is 1. The average Bonchev–Trinajstić information content (AvgIpc) is 2.78. The topological polar surface area (TPSA) is 56.9 Å². The fourth-order valence-electron chi connectivity index (χ4n) is 1.85. The molecule has 1 heterocycles. The third-order valence-electron chi connectivity index (χ3n) is 2.95. The van der Waals surface area contributed by atoms with E-state index in [1.165, 1.54) is 0 Å². The zero-order valence-corrected chi connectivity index (χ0v) is 9.65. The number of hydrogen-bond acceptors (Lipinski definition) is 3. The van der Waals surface area contributed by atoms with Gasteiger partial charge in [0.2, 0.25) is 5.91 Å². The number of aliphatic hydroxyl groups is 1. The molecule has 1 amide bonds. The van der Waals surface area contributed by atoms with Gasteiger partial charge in [-0.2, -0.15) is 0 Å². The summed E-state index contributed by atoms with van der Waals surface area (Å²) in [6.45, 7) is 9.87. The number of nitrogens with zero attached hydrogens (tertiary/aromatic N) is 2. The Balaban J connectivity index is 2.37. The molecule has 1 aliphatic rings. The Morgan fingerprint density at radius 2 is 2.50 bits per heavy atom. The fourth-order valence-corrected chi connectivity index (χ4v) is 1.85. The SMILES string of the molecule is [C-]#[N+][C@@H]1CCCN1C(=O)CN[C@@H](CC)CO. The summed E-state index contributed by atoms with van der Waals surface area (Å²) < 4.78 is 0. The van der Waals surface area contributed by atoms with Crippen molar-refractivity contribution in [3.05, 3.63) is 11.4 Å². The maximum Gasteiger partial charge on any atom is 0.300 e. The molecule has 16 heavy (non-hydrogen) atoms. The second kappa shape index (κ2) is 6.46. The molecular formula is C11H19N3O2. The minimum absolute atomic E-state index is 0.0297. The predicted octanol–water partition coefficient (Wildman–Crippen LogP) is 0.215. The smallest absolute Gasteiger partial charge is 0.300 e. The van der Waals surface area contributed by atoms with Gasteiger partial charge in [0, 0.05) is 19.0 Å². The lowest BCUT2D eigenvalue weighted by Crippen LogP contribution is -2.43. The van der Waals surface area contributed by atoms with Gasteiger partial charge in [-0.3, -0.25) is 14.5 Å². The molecule has 5 nitrogen and oxygen atoms in total. The molecular weight excluding hydrogens is 206 g/mol. The average molecular weight is 225 g/mol. The maximum absolute atomic E-state index is 11.8. The van der Waals surface area contributed by atoms with Gasteiger partial charge in [0.25, 0.3) is 0 Å². The number of nitrogens with one attached hydrogen (secondary N) is 1. The molecule has 0 aromatic heterocycles. The van der Waals surface area contributed by atoms with Gasteiger partial charge >= 0.3 is 6.17 Å². The minimum Gasteiger partial charge on any atom is -0.395 e. The Hall–Kier alpha value is -1.12. The summed E-state index contributed by atoms with van der Waals surface area (Å²) in [6, 6.07) is -0.0297. The summed E-state index contributed by atoms with van der Waals surface area (Å²) in [6.07, 6.45) is 2.21. The van der Waals surface area contributed by atoms with Crippen molar-refractivity contribution in [3.63, 3.8) is 0 Å². The Morgan fingerprint density at radius 3 is 3.06 bits per heavy atom. The summed E-state index contributed by atoms with van der Waals surface area (Å²) in [5.41, 5.74) is 0. The maximum atomic E-state index is 11.8. The predicted molar refractivity (Wildman–Crippen MR) is 60.5 cm³/mol. The molecule has 1 aliphatic heterocycles. The molecule has 0 unspecified atom stereocenters. The summed E-state index contributed by atoms with van der Waals surface area (Å²) in [4.78, 5) is 16.9. The van der Waals surface area contributed by atoms with Gasteiger partial charge in [-0.1, -0.05) is 6.92 Å². The Bertz CT molecular complexity index is 271. The number of rotatable bonds is 5. The van der Waals surface area contributed by atoms with E-state index in [9.17, 15) is 4.79 Å². The van der Waals surface area contributed by atoms with Gasteiger partial charge in [0.15, 0.2) is 0 Å². The van der Waals surface area contributed by atoms with Gasteiger partial charge in [0.05, 0.1) is 13.2 Å². The minimum atomic E-state index is -0.275. The normalized spacial score (nSPS) is 21.8. The van der Waals surface area contributed by atoms with E-state index in [0.29, 0.717) is 6.54 Å². The van der Waals surface area contributed by atoms with Crippen LogP contribution in [-0.4, -0.2) is 47.8 Å². The van der Waals surface area contributed by atoms with E-state index >= 15 is 0 Å². The highest BCUT2D eigenvalue weighted by Crippen LogP contribution is 2.17. The molecule has 2 N–H and O–H groups in total. The number of likely N-dealkylation sites (tertiary alicyclic amines) is 1. The lowest BCUT2D eigenvalue weighted by atomic mass is 10.2. The van der Waals surface area contributed by atoms with Crippen LogP contribution in [0.2, 0.25) is 0 Å². The van der Waals surface area contributed by atoms with E-state index in [4.69, 9.17) is 11.7 Å². The lowest BCUT2D eigenvalue weighted by molar-refractivity contribution is -0.130. The molecule has 0 aromatic rings. The number of amides is 1. The van der Waals surface area contributed by atoms with Crippen LogP contribution < -0.4 is 5.32 Å². The zero-order valence-electron chi connectivity index (χ0n) is 9.65. The molecule has 0 aliphatic carbocycles. The first-order valence-electron chi connectivity index (χ1n) is 5.73. The first-order valence-corrected chi connectivity index (χ1v) is 5.73. The van der Waals surface area contributed by atoms with Crippen LogP contribution in [0.3, 0.4) is 0 Å². The molecule has 90 valence electrons. The highest BCUT2D eigenvalue weighted by Gasteiger charge is 2.32. The van der Waals surface area contributed by atoms with Crippen LogP contribution in [0.15, 0.2) is 0 Å². The molecule has 1 fully saturated rings. The number of hydrogen-bond donors (Lipinski definition) is 2. The molecule has 0 saturated carbocycles. The van der Waals surface area contributed by atoms with Crippen LogP contribution in [0.25, 0.3) is 4.85 Å². The molecule has 1 saturated heterocycles. The molecule has 1 rings (SSSR count). The van der Waals surface area contributed by atoms with Crippen molar-refractivity contribution in [2.45, 2.75) is 38.4 Å². The first-order chi connectivity index (χ1) is 7.72. The summed E-state index contributed by atoms with van der Waals surface area (Å²) in [7, 11) is 0. The first kappa shape index (κ1) is 12.9. The third kappa shape index (κ3) is 3.19. The van der Waals surface area contributed by atoms with Crippen LogP contribution in [0.4, 0.5) is 0 Å². The van der Waals surface area contributed by atoms with E-state index in [0.717, 1.165) is 19.3 Å². The molecule has 0 bridgehead atoms. The quantitative estimate of drug-likeness (QED) is 0.658. The highest BCUT2D eigenvalue weighted by molar-refractivity contribution is 5.79. The van der Waals surface area contributed by atoms with Gasteiger partial charge in [0.1, 0.15) is 0 Å². The molecule has 2 atom stereocenters. The van der Waals surface area contributed by atoms with E-state index < -0.39 is 0 Å². The van der Waals surface area contributed by atoms with E-state index in [1.807, 2.05) is 6.92 Å². The van der Waals surface area contributed by atoms with Crippen LogP contribution in [0.5, 0.6) is 0 Å². The standard InChI is InChI=1S/C11H19N3O2/c1-3-9(8-15)13-7-11(16)14-6-4-5-10(14)12-2/h9-10,13,15H,3-8H2,1H3/t9-,10-/m0/s1. The van der Waals surface area contributed by atoms with E-state index in [2.05, 4.69) is 10.2 Å². The molecule has 0 aromatic carbocycles. The second-order valence-corrected chi connectivity index (χ2v) is 4.01. The van der Waals surface area contributed by atoms with E-state index in [-0.39, 0.29) is 31.3 Å². The van der Waals surface area contributed by atoms with Crippen molar-refractivity contribution >= 4 is 5.91 Å². The lowest BCUT2D eigenvalue weighted by Gasteiger charge is -2.19. The van der Waals surface area contributed by atoms with Gasteiger partial charge in [-0.15, -0.1) is 0 Å². The van der Waals surface area contributed by atoms with Crippen LogP contribution >= 0.6 is 0 Å². The molecule has 0 spiro atoms. The largest absolute Gasteiger partial charge is 0.395 e. The molecule has 5 heteroatoms. The summed E-state index contributed by atoms with van der Waals surface area (Å²) in [5.74, 6) is -0.0367. The van der Waals surface area contributed by atoms with Crippen LogP contribution in [-0.2, 0) is 4.79 Å².